The first-order valence-corrected chi connectivity index (χ1v) is 7.85. The molecule has 0 saturated heterocycles. The van der Waals surface area contributed by atoms with Crippen molar-refractivity contribution in [1.29, 1.82) is 0 Å². The van der Waals surface area contributed by atoms with Crippen LogP contribution in [0.1, 0.15) is 45.6 Å². The molecule has 1 aromatic carbocycles. The van der Waals surface area contributed by atoms with Gasteiger partial charge in [-0.3, -0.25) is 9.59 Å². The monoisotopic (exact) mass is 308 g/mol. The molecule has 2 amide bonds. The first-order valence-electron chi connectivity index (χ1n) is 7.85. The number of nitrogens with zero attached hydrogens (tertiary/aromatic N) is 1. The molecule has 0 fully saturated rings. The Balaban J connectivity index is 2.97. The molecular weight excluding hydrogens is 283 g/mol. The number of rotatable bonds is 8. The second kappa shape index (κ2) is 9.18. The minimum atomic E-state index is -0.496. The zero-order chi connectivity index (χ0) is 16.5. The van der Waals surface area contributed by atoms with E-state index in [0.717, 1.165) is 12.0 Å². The molecule has 0 saturated carbocycles. The molecule has 22 heavy (non-hydrogen) atoms. The van der Waals surface area contributed by atoms with Gasteiger partial charge in [-0.15, -0.1) is 0 Å². The first-order chi connectivity index (χ1) is 10.5. The van der Waals surface area contributed by atoms with Gasteiger partial charge in [0.25, 0.3) is 0 Å². The van der Waals surface area contributed by atoms with Crippen LogP contribution >= 0.6 is 0 Å². The van der Waals surface area contributed by atoms with Crippen LogP contribution in [0.4, 0.5) is 4.39 Å². The van der Waals surface area contributed by atoms with Crippen LogP contribution in [0, 0.1) is 5.82 Å². The highest BCUT2D eigenvalue weighted by atomic mass is 19.1. The van der Waals surface area contributed by atoms with E-state index in [1.54, 1.807) is 17.0 Å². The molecule has 0 aromatic heterocycles. The first kappa shape index (κ1) is 18.1. The smallest absolute Gasteiger partial charge is 0.242 e. The summed E-state index contributed by atoms with van der Waals surface area (Å²) in [5, 5.41) is 2.78. The Morgan fingerprint density at radius 1 is 1.18 bits per heavy atom. The van der Waals surface area contributed by atoms with Crippen LogP contribution in [0.3, 0.4) is 0 Å². The summed E-state index contributed by atoms with van der Waals surface area (Å²) >= 11 is 0. The van der Waals surface area contributed by atoms with Crippen LogP contribution in [0.2, 0.25) is 0 Å². The lowest BCUT2D eigenvalue weighted by molar-refractivity contribution is -0.141. The molecule has 5 heteroatoms. The topological polar surface area (TPSA) is 49.4 Å². The third kappa shape index (κ3) is 5.13. The molecule has 1 aromatic rings. The maximum absolute atomic E-state index is 13.0. The van der Waals surface area contributed by atoms with Gasteiger partial charge in [-0.2, -0.15) is 0 Å². The number of carbonyl (C=O) groups excluding carboxylic acids is 2. The number of amides is 2. The van der Waals surface area contributed by atoms with E-state index < -0.39 is 6.04 Å². The Morgan fingerprint density at radius 3 is 2.32 bits per heavy atom. The molecule has 0 aliphatic heterocycles. The van der Waals surface area contributed by atoms with Gasteiger partial charge in [0, 0.05) is 19.5 Å². The van der Waals surface area contributed by atoms with E-state index in [1.165, 1.54) is 12.1 Å². The van der Waals surface area contributed by atoms with Crippen LogP contribution in [-0.4, -0.2) is 29.3 Å². The number of halogens is 1. The van der Waals surface area contributed by atoms with E-state index in [0.29, 0.717) is 25.9 Å². The van der Waals surface area contributed by atoms with E-state index in [4.69, 9.17) is 0 Å². The second-order valence-corrected chi connectivity index (χ2v) is 5.22. The van der Waals surface area contributed by atoms with Gasteiger partial charge in [-0.05, 0) is 37.5 Å². The van der Waals surface area contributed by atoms with Crippen molar-refractivity contribution >= 4 is 11.8 Å². The Labute approximate surface area is 131 Å². The van der Waals surface area contributed by atoms with Crippen LogP contribution in [0.15, 0.2) is 24.3 Å². The Kier molecular flexibility index (Phi) is 7.57. The molecule has 1 atom stereocenters. The van der Waals surface area contributed by atoms with Crippen molar-refractivity contribution in [1.82, 2.24) is 10.2 Å². The number of benzene rings is 1. The third-order valence-corrected chi connectivity index (χ3v) is 3.47. The summed E-state index contributed by atoms with van der Waals surface area (Å²) in [6.45, 7) is 6.51. The summed E-state index contributed by atoms with van der Waals surface area (Å²) in [5.74, 6) is -0.507. The zero-order valence-electron chi connectivity index (χ0n) is 13.6. The molecule has 0 heterocycles. The number of hydrogen-bond donors (Lipinski definition) is 1. The van der Waals surface area contributed by atoms with Crippen LogP contribution < -0.4 is 5.32 Å². The predicted molar refractivity (Wildman–Crippen MR) is 84.6 cm³/mol. The molecule has 4 nitrogen and oxygen atoms in total. The lowest BCUT2D eigenvalue weighted by Crippen LogP contribution is -2.48. The van der Waals surface area contributed by atoms with Crippen molar-refractivity contribution in [2.24, 2.45) is 0 Å². The third-order valence-electron chi connectivity index (χ3n) is 3.47. The second-order valence-electron chi connectivity index (χ2n) is 5.22. The molecule has 0 aliphatic carbocycles. The van der Waals surface area contributed by atoms with Crippen molar-refractivity contribution < 1.29 is 14.0 Å². The van der Waals surface area contributed by atoms with Gasteiger partial charge in [-0.1, -0.05) is 26.0 Å². The number of hydrogen-bond acceptors (Lipinski definition) is 2. The molecule has 1 N–H and O–H groups in total. The van der Waals surface area contributed by atoms with Gasteiger partial charge < -0.3 is 10.2 Å². The van der Waals surface area contributed by atoms with Gasteiger partial charge in [0.15, 0.2) is 0 Å². The normalized spacial score (nSPS) is 11.8. The summed E-state index contributed by atoms with van der Waals surface area (Å²) in [5.41, 5.74) is 0.814. The average molecular weight is 308 g/mol. The lowest BCUT2D eigenvalue weighted by atomic mass is 10.1. The number of carbonyl (C=O) groups is 2. The highest BCUT2D eigenvalue weighted by Gasteiger charge is 2.27. The van der Waals surface area contributed by atoms with Crippen LogP contribution in [0.5, 0.6) is 0 Å². The van der Waals surface area contributed by atoms with Crippen molar-refractivity contribution in [3.05, 3.63) is 35.6 Å². The summed E-state index contributed by atoms with van der Waals surface area (Å²) in [6.07, 6.45) is 1.67. The fraction of sp³-hybridized carbons (Fsp3) is 0.529. The fourth-order valence-corrected chi connectivity index (χ4v) is 2.36. The molecule has 1 rings (SSSR count). The van der Waals surface area contributed by atoms with Gasteiger partial charge in [0.1, 0.15) is 11.9 Å². The molecule has 0 spiro atoms. The zero-order valence-corrected chi connectivity index (χ0v) is 13.6. The Hall–Kier alpha value is -1.91. The summed E-state index contributed by atoms with van der Waals surface area (Å²) < 4.78 is 13.0. The number of nitrogens with one attached hydrogen (secondary N) is 1. The Bertz CT molecular complexity index is 488. The summed E-state index contributed by atoms with van der Waals surface area (Å²) in [4.78, 5) is 26.2. The van der Waals surface area contributed by atoms with Gasteiger partial charge in [0.05, 0.1) is 0 Å². The van der Waals surface area contributed by atoms with Crippen molar-refractivity contribution in [3.63, 3.8) is 0 Å². The lowest BCUT2D eigenvalue weighted by Gasteiger charge is -2.30. The predicted octanol–water partition coefficient (Wildman–Crippen LogP) is 2.87. The molecule has 0 aliphatic rings. The van der Waals surface area contributed by atoms with Gasteiger partial charge >= 0.3 is 0 Å². The SMILES string of the molecule is CCCC(=O)N(Cc1ccc(F)cc1)[C@@H](CC)C(=O)NCC. The average Bonchev–Trinajstić information content (AvgIpc) is 2.49. The fourth-order valence-electron chi connectivity index (χ4n) is 2.36. The van der Waals surface area contributed by atoms with Crippen LogP contribution in [0.25, 0.3) is 0 Å². The van der Waals surface area contributed by atoms with E-state index in [2.05, 4.69) is 5.32 Å². The molecule has 0 bridgehead atoms. The quantitative estimate of drug-likeness (QED) is 0.803. The largest absolute Gasteiger partial charge is 0.355 e. The van der Waals surface area contributed by atoms with Gasteiger partial charge in [0.2, 0.25) is 11.8 Å². The van der Waals surface area contributed by atoms with E-state index in [1.807, 2.05) is 20.8 Å². The number of likely N-dealkylation sites (N-methyl/N-ethyl adjacent to an activating group) is 1. The maximum atomic E-state index is 13.0. The van der Waals surface area contributed by atoms with Crippen LogP contribution in [-0.2, 0) is 16.1 Å². The highest BCUT2D eigenvalue weighted by Crippen LogP contribution is 2.14. The molecule has 0 radical (unpaired) electrons. The van der Waals surface area contributed by atoms with Crippen molar-refractivity contribution in [3.8, 4) is 0 Å². The minimum absolute atomic E-state index is 0.0510. The highest BCUT2D eigenvalue weighted by molar-refractivity contribution is 5.87. The van der Waals surface area contributed by atoms with E-state index in [9.17, 15) is 14.0 Å². The van der Waals surface area contributed by atoms with E-state index in [-0.39, 0.29) is 17.6 Å². The summed E-state index contributed by atoms with van der Waals surface area (Å²) in [7, 11) is 0. The van der Waals surface area contributed by atoms with Gasteiger partial charge in [-0.25, -0.2) is 4.39 Å². The van der Waals surface area contributed by atoms with Crippen molar-refractivity contribution in [2.45, 2.75) is 52.6 Å². The summed E-state index contributed by atoms with van der Waals surface area (Å²) in [6, 6.07) is 5.53. The molecule has 0 unspecified atom stereocenters. The standard InChI is InChI=1S/C17H25FN2O2/c1-4-7-16(21)20(15(5-2)17(22)19-6-3)12-13-8-10-14(18)11-9-13/h8-11,15H,4-7,12H2,1-3H3,(H,19,22)/t15-/m0/s1. The maximum Gasteiger partial charge on any atom is 0.242 e. The molecule has 122 valence electrons. The molecular formula is C17H25FN2O2. The van der Waals surface area contributed by atoms with E-state index >= 15 is 0 Å². The van der Waals surface area contributed by atoms with Crippen molar-refractivity contribution in [2.75, 3.05) is 6.54 Å². The minimum Gasteiger partial charge on any atom is -0.355 e. The Morgan fingerprint density at radius 2 is 1.82 bits per heavy atom.